The number of amides is 1. The first-order valence-corrected chi connectivity index (χ1v) is 8.29. The van der Waals surface area contributed by atoms with E-state index in [2.05, 4.69) is 20.6 Å². The van der Waals surface area contributed by atoms with Crippen molar-refractivity contribution in [2.45, 2.75) is 31.5 Å². The number of aromatic nitrogens is 2. The van der Waals surface area contributed by atoms with E-state index in [0.717, 1.165) is 22.5 Å². The first-order valence-electron chi connectivity index (χ1n) is 8.29. The second-order valence-electron chi connectivity index (χ2n) is 6.21. The van der Waals surface area contributed by atoms with E-state index in [1.165, 1.54) is 0 Å². The zero-order chi connectivity index (χ0) is 17.8. The van der Waals surface area contributed by atoms with Gasteiger partial charge in [0, 0.05) is 24.5 Å². The molecular formula is C18H22N4O3. The van der Waals surface area contributed by atoms with Crippen molar-refractivity contribution in [1.82, 2.24) is 20.6 Å². The summed E-state index contributed by atoms with van der Waals surface area (Å²) in [6.45, 7) is 2.11. The molecule has 132 valence electrons. The Kier molecular flexibility index (Phi) is 5.37. The van der Waals surface area contributed by atoms with Crippen LogP contribution in [0.5, 0.6) is 0 Å². The van der Waals surface area contributed by atoms with Crippen molar-refractivity contribution in [1.29, 1.82) is 0 Å². The van der Waals surface area contributed by atoms with Crippen LogP contribution in [0, 0.1) is 6.92 Å². The maximum absolute atomic E-state index is 12.3. The molecule has 3 rings (SSSR count). The number of nitrogens with one attached hydrogen (secondary N) is 2. The molecule has 2 heterocycles. The molecule has 0 unspecified atom stereocenters. The fourth-order valence-electron chi connectivity index (χ4n) is 2.99. The number of aryl methyl sites for hydroxylation is 1. The minimum atomic E-state index is -0.502. The number of carbonyl (C=O) groups excluding carboxylic acids is 1. The van der Waals surface area contributed by atoms with Gasteiger partial charge < -0.3 is 20.8 Å². The van der Waals surface area contributed by atoms with Crippen molar-refractivity contribution in [3.05, 3.63) is 47.9 Å². The van der Waals surface area contributed by atoms with Crippen LogP contribution in [-0.2, 0) is 4.79 Å². The molecule has 4 N–H and O–H groups in total. The van der Waals surface area contributed by atoms with Crippen LogP contribution < -0.4 is 10.6 Å². The highest BCUT2D eigenvalue weighted by molar-refractivity contribution is 5.82. The van der Waals surface area contributed by atoms with Crippen LogP contribution in [0.2, 0.25) is 0 Å². The van der Waals surface area contributed by atoms with Gasteiger partial charge >= 0.3 is 0 Å². The van der Waals surface area contributed by atoms with Gasteiger partial charge in [-0.3, -0.25) is 14.8 Å². The third kappa shape index (κ3) is 4.01. The number of aliphatic hydroxyl groups is 2. The fourth-order valence-corrected chi connectivity index (χ4v) is 2.99. The summed E-state index contributed by atoms with van der Waals surface area (Å²) in [7, 11) is 0. The lowest BCUT2D eigenvalue weighted by atomic mass is 10.0. The van der Waals surface area contributed by atoms with E-state index in [0.29, 0.717) is 13.0 Å². The van der Waals surface area contributed by atoms with Gasteiger partial charge in [0.15, 0.2) is 0 Å². The van der Waals surface area contributed by atoms with Crippen LogP contribution in [0.4, 0.5) is 0 Å². The molecular weight excluding hydrogens is 320 g/mol. The Bertz CT molecular complexity index is 735. The first-order chi connectivity index (χ1) is 12.1. The van der Waals surface area contributed by atoms with Gasteiger partial charge in [-0.2, -0.15) is 0 Å². The molecule has 1 aromatic heterocycles. The first kappa shape index (κ1) is 17.5. The van der Waals surface area contributed by atoms with Gasteiger partial charge in [-0.1, -0.05) is 24.3 Å². The van der Waals surface area contributed by atoms with Gasteiger partial charge in [-0.25, -0.2) is 0 Å². The normalized spacial score (nSPS) is 21.1. The summed E-state index contributed by atoms with van der Waals surface area (Å²) in [4.78, 5) is 20.8. The molecule has 0 bridgehead atoms. The van der Waals surface area contributed by atoms with Crippen molar-refractivity contribution < 1.29 is 15.0 Å². The lowest BCUT2D eigenvalue weighted by Crippen LogP contribution is -2.42. The Labute approximate surface area is 146 Å². The van der Waals surface area contributed by atoms with Crippen molar-refractivity contribution in [3.63, 3.8) is 0 Å². The highest BCUT2D eigenvalue weighted by atomic mass is 16.3. The molecule has 7 heteroatoms. The Hall–Kier alpha value is -2.35. The van der Waals surface area contributed by atoms with Gasteiger partial charge in [0.2, 0.25) is 5.91 Å². The summed E-state index contributed by atoms with van der Waals surface area (Å²) in [5, 5.41) is 25.0. The van der Waals surface area contributed by atoms with Gasteiger partial charge in [-0.05, 0) is 18.9 Å². The number of aliphatic hydroxyl groups excluding tert-OH is 2. The molecule has 1 aliphatic heterocycles. The number of β-amino-alcohol motifs (C(OH)–C–C–N with tert-alkyl or cyclic N) is 1. The second kappa shape index (κ2) is 7.69. The van der Waals surface area contributed by atoms with E-state index in [4.69, 9.17) is 0 Å². The standard InChI is InChI=1S/C18H22N4O3/c1-11-17(20-7-6-19-11)13-4-2-12(3-5-13)16(10-23)22-18(25)15-8-14(24)9-21-15/h2-7,14-16,21,23-24H,8-10H2,1H3,(H,22,25)/t14-,15+,16+/m1/s1. The average Bonchev–Trinajstić information content (AvgIpc) is 3.07. The molecule has 0 saturated carbocycles. The van der Waals surface area contributed by atoms with E-state index < -0.39 is 18.2 Å². The molecule has 1 fully saturated rings. The maximum atomic E-state index is 12.3. The molecule has 3 atom stereocenters. The van der Waals surface area contributed by atoms with Crippen LogP contribution in [0.3, 0.4) is 0 Å². The van der Waals surface area contributed by atoms with Gasteiger partial charge in [0.05, 0.1) is 36.2 Å². The number of hydrogen-bond acceptors (Lipinski definition) is 6. The van der Waals surface area contributed by atoms with Crippen LogP contribution in [0.25, 0.3) is 11.3 Å². The molecule has 0 spiro atoms. The van der Waals surface area contributed by atoms with E-state index >= 15 is 0 Å². The zero-order valence-corrected chi connectivity index (χ0v) is 14.0. The molecule has 0 radical (unpaired) electrons. The van der Waals surface area contributed by atoms with Crippen molar-refractivity contribution >= 4 is 5.91 Å². The lowest BCUT2D eigenvalue weighted by molar-refractivity contribution is -0.124. The lowest BCUT2D eigenvalue weighted by Gasteiger charge is -2.20. The smallest absolute Gasteiger partial charge is 0.237 e. The second-order valence-corrected chi connectivity index (χ2v) is 6.21. The van der Waals surface area contributed by atoms with E-state index in [1.54, 1.807) is 12.4 Å². The predicted octanol–water partition coefficient (Wildman–Crippen LogP) is 0.324. The van der Waals surface area contributed by atoms with E-state index in [9.17, 15) is 15.0 Å². The van der Waals surface area contributed by atoms with E-state index in [1.807, 2.05) is 31.2 Å². The number of benzene rings is 1. The quantitative estimate of drug-likeness (QED) is 0.624. The number of carbonyl (C=O) groups is 1. The summed E-state index contributed by atoms with van der Waals surface area (Å²) in [6, 6.07) is 6.61. The molecule has 25 heavy (non-hydrogen) atoms. The Morgan fingerprint density at radius 3 is 2.64 bits per heavy atom. The van der Waals surface area contributed by atoms with Gasteiger partial charge in [0.25, 0.3) is 0 Å². The maximum Gasteiger partial charge on any atom is 0.237 e. The van der Waals surface area contributed by atoms with Crippen molar-refractivity contribution in [2.75, 3.05) is 13.2 Å². The summed E-state index contributed by atoms with van der Waals surface area (Å²) >= 11 is 0. The molecule has 1 amide bonds. The number of rotatable bonds is 5. The van der Waals surface area contributed by atoms with Crippen LogP contribution >= 0.6 is 0 Å². The van der Waals surface area contributed by atoms with Crippen LogP contribution in [0.1, 0.15) is 23.7 Å². The molecule has 1 saturated heterocycles. The topological polar surface area (TPSA) is 107 Å². The predicted molar refractivity (Wildman–Crippen MR) is 92.6 cm³/mol. The van der Waals surface area contributed by atoms with Gasteiger partial charge in [0.1, 0.15) is 0 Å². The van der Waals surface area contributed by atoms with Crippen LogP contribution in [0.15, 0.2) is 36.7 Å². The fraction of sp³-hybridized carbons (Fsp3) is 0.389. The highest BCUT2D eigenvalue weighted by Gasteiger charge is 2.29. The SMILES string of the molecule is Cc1nccnc1-c1ccc([C@H](CO)NC(=O)[C@@H]2C[C@@H](O)CN2)cc1. The number of hydrogen-bond donors (Lipinski definition) is 4. The Morgan fingerprint density at radius 2 is 2.04 bits per heavy atom. The monoisotopic (exact) mass is 342 g/mol. The minimum Gasteiger partial charge on any atom is -0.394 e. The molecule has 1 aliphatic rings. The third-order valence-electron chi connectivity index (χ3n) is 4.39. The Morgan fingerprint density at radius 1 is 1.32 bits per heavy atom. The van der Waals surface area contributed by atoms with Crippen LogP contribution in [-0.4, -0.2) is 51.4 Å². The largest absolute Gasteiger partial charge is 0.394 e. The average molecular weight is 342 g/mol. The third-order valence-corrected chi connectivity index (χ3v) is 4.39. The van der Waals surface area contributed by atoms with Gasteiger partial charge in [-0.15, -0.1) is 0 Å². The molecule has 2 aromatic rings. The summed E-state index contributed by atoms with van der Waals surface area (Å²) in [6.07, 6.45) is 3.18. The van der Waals surface area contributed by atoms with Crippen molar-refractivity contribution in [2.24, 2.45) is 0 Å². The highest BCUT2D eigenvalue weighted by Crippen LogP contribution is 2.22. The Balaban J connectivity index is 1.71. The zero-order valence-electron chi connectivity index (χ0n) is 14.0. The van der Waals surface area contributed by atoms with Crippen molar-refractivity contribution in [3.8, 4) is 11.3 Å². The van der Waals surface area contributed by atoms with E-state index in [-0.39, 0.29) is 12.5 Å². The summed E-state index contributed by atoms with van der Waals surface area (Å²) in [5.74, 6) is -0.218. The molecule has 7 nitrogen and oxygen atoms in total. The minimum absolute atomic E-state index is 0.204. The number of nitrogens with zero attached hydrogens (tertiary/aromatic N) is 2. The molecule has 0 aliphatic carbocycles. The summed E-state index contributed by atoms with van der Waals surface area (Å²) in [5.41, 5.74) is 3.38. The molecule has 1 aromatic carbocycles. The summed E-state index contributed by atoms with van der Waals surface area (Å²) < 4.78 is 0.